The number of benzene rings is 2. The Balaban J connectivity index is 1.95. The molecule has 0 spiro atoms. The highest BCUT2D eigenvalue weighted by molar-refractivity contribution is 6.09. The molecule has 3 rings (SSSR count). The molecule has 0 aliphatic rings. The number of aryl methyl sites for hydroxylation is 1. The van der Waals surface area contributed by atoms with Gasteiger partial charge in [0.2, 0.25) is 5.91 Å². The molecule has 0 fully saturated rings. The maximum Gasteiger partial charge on any atom is 0.255 e. The summed E-state index contributed by atoms with van der Waals surface area (Å²) in [5.74, 6) is -1.10. The van der Waals surface area contributed by atoms with E-state index >= 15 is 0 Å². The second kappa shape index (κ2) is 8.00. The van der Waals surface area contributed by atoms with Crippen LogP contribution < -0.4 is 0 Å². The number of hydrogen-bond donors (Lipinski definition) is 0. The van der Waals surface area contributed by atoms with Gasteiger partial charge in [-0.05, 0) is 18.6 Å². The van der Waals surface area contributed by atoms with Crippen molar-refractivity contribution in [1.29, 1.82) is 0 Å². The number of amides is 2. The van der Waals surface area contributed by atoms with E-state index in [-0.39, 0.29) is 12.2 Å². The molecule has 2 aromatic carbocycles. The molecule has 142 valence electrons. The van der Waals surface area contributed by atoms with Crippen LogP contribution in [0.3, 0.4) is 0 Å². The van der Waals surface area contributed by atoms with E-state index < -0.39 is 11.8 Å². The van der Waals surface area contributed by atoms with Crippen molar-refractivity contribution in [3.8, 4) is 0 Å². The van der Waals surface area contributed by atoms with Crippen molar-refractivity contribution >= 4 is 34.7 Å². The zero-order valence-corrected chi connectivity index (χ0v) is 16.0. The predicted molar refractivity (Wildman–Crippen MR) is 108 cm³/mol. The molecule has 6 heteroatoms. The molecule has 0 unspecified atom stereocenters. The van der Waals surface area contributed by atoms with Crippen LogP contribution in [0.4, 0.5) is 0 Å². The fourth-order valence-electron chi connectivity index (χ4n) is 3.25. The summed E-state index contributed by atoms with van der Waals surface area (Å²) < 4.78 is 1.82. The molecular formula is C22H21N3O3. The molecule has 0 aliphatic heterocycles. The summed E-state index contributed by atoms with van der Waals surface area (Å²) in [7, 11) is 1.81. The maximum absolute atomic E-state index is 12.8. The molecule has 1 aromatic heterocycles. The zero-order chi connectivity index (χ0) is 20.3. The Morgan fingerprint density at radius 2 is 1.64 bits per heavy atom. The van der Waals surface area contributed by atoms with Crippen molar-refractivity contribution in [2.24, 2.45) is 12.1 Å². The highest BCUT2D eigenvalue weighted by Crippen LogP contribution is 2.26. The Morgan fingerprint density at radius 1 is 1.00 bits per heavy atom. The number of fused-ring (bicyclic) bond motifs is 1. The topological polar surface area (TPSA) is 71.7 Å². The van der Waals surface area contributed by atoms with Crippen LogP contribution in [0, 0.1) is 0 Å². The molecule has 1 heterocycles. The van der Waals surface area contributed by atoms with Gasteiger partial charge in [0.1, 0.15) is 0 Å². The lowest BCUT2D eigenvalue weighted by atomic mass is 10.1. The number of Topliss-reactive ketones (excluding diaryl/α,β-unsaturated/α-hetero) is 1. The molecule has 28 heavy (non-hydrogen) atoms. The normalized spacial score (nSPS) is 11.1. The minimum atomic E-state index is -0.493. The second-order valence-corrected chi connectivity index (χ2v) is 6.51. The Kier molecular flexibility index (Phi) is 5.49. The van der Waals surface area contributed by atoms with Crippen LogP contribution in [0.2, 0.25) is 0 Å². The van der Waals surface area contributed by atoms with Gasteiger partial charge in [-0.15, -0.1) is 0 Å². The van der Waals surface area contributed by atoms with Gasteiger partial charge in [0.25, 0.3) is 5.91 Å². The first kappa shape index (κ1) is 19.2. The summed E-state index contributed by atoms with van der Waals surface area (Å²) >= 11 is 0. The van der Waals surface area contributed by atoms with Crippen molar-refractivity contribution in [3.05, 3.63) is 71.4 Å². The number of hydrogen-bond acceptors (Lipinski definition) is 4. The van der Waals surface area contributed by atoms with E-state index in [1.165, 1.54) is 20.1 Å². The second-order valence-electron chi connectivity index (χ2n) is 6.51. The molecule has 3 aromatic rings. The fourth-order valence-corrected chi connectivity index (χ4v) is 3.25. The van der Waals surface area contributed by atoms with Crippen LogP contribution in [0.15, 0.2) is 59.7 Å². The lowest BCUT2D eigenvalue weighted by Gasteiger charge is -2.14. The molecule has 0 radical (unpaired) electrons. The van der Waals surface area contributed by atoms with E-state index in [0.717, 1.165) is 21.5 Å². The highest BCUT2D eigenvalue weighted by Gasteiger charge is 2.24. The number of hydrazone groups is 1. The molecule has 0 aliphatic carbocycles. The maximum atomic E-state index is 12.8. The monoisotopic (exact) mass is 375 g/mol. The van der Waals surface area contributed by atoms with Gasteiger partial charge in [-0.2, -0.15) is 10.1 Å². The average molecular weight is 375 g/mol. The predicted octanol–water partition coefficient (Wildman–Crippen LogP) is 3.33. The van der Waals surface area contributed by atoms with Gasteiger partial charge in [-0.25, -0.2) is 0 Å². The molecule has 0 saturated heterocycles. The number of ketones is 1. The largest absolute Gasteiger partial charge is 0.346 e. The number of rotatable bonds is 5. The lowest BCUT2D eigenvalue weighted by Crippen LogP contribution is -2.32. The van der Waals surface area contributed by atoms with Crippen LogP contribution in [-0.4, -0.2) is 33.4 Å². The van der Waals surface area contributed by atoms with E-state index in [2.05, 4.69) is 5.10 Å². The van der Waals surface area contributed by atoms with Crippen molar-refractivity contribution in [1.82, 2.24) is 9.58 Å². The first-order valence-corrected chi connectivity index (χ1v) is 8.90. The number of carbonyl (C=O) groups is 3. The molecule has 0 atom stereocenters. The van der Waals surface area contributed by atoms with Crippen molar-refractivity contribution in [2.75, 3.05) is 0 Å². The van der Waals surface area contributed by atoms with Crippen LogP contribution in [-0.2, 0) is 23.1 Å². The number of carbonyl (C=O) groups excluding carboxylic acids is 3. The standard InChI is InChI=1S/C22H21N3O3/c1-15(26)22-18-11-7-8-12-19(18)24(3)20(22)13-21(28)25(16(2)27)23-14-17-9-5-4-6-10-17/h4-12,14H,13H2,1-3H3/b23-14-. The molecular weight excluding hydrogens is 354 g/mol. The number of aromatic nitrogens is 1. The SMILES string of the molecule is CC(=O)c1c(CC(=O)N(/N=C\c2ccccc2)C(C)=O)n(C)c2ccccc12. The van der Waals surface area contributed by atoms with E-state index in [0.29, 0.717) is 11.3 Å². The van der Waals surface area contributed by atoms with Gasteiger partial charge < -0.3 is 4.57 Å². The molecule has 0 N–H and O–H groups in total. The summed E-state index contributed by atoms with van der Waals surface area (Å²) in [5, 5.41) is 5.70. The third-order valence-corrected chi connectivity index (χ3v) is 4.56. The van der Waals surface area contributed by atoms with Crippen molar-refractivity contribution in [3.63, 3.8) is 0 Å². The van der Waals surface area contributed by atoms with Gasteiger partial charge in [0.05, 0.1) is 12.6 Å². The third-order valence-electron chi connectivity index (χ3n) is 4.56. The Morgan fingerprint density at radius 3 is 2.29 bits per heavy atom. The van der Waals surface area contributed by atoms with Crippen LogP contribution in [0.1, 0.15) is 35.5 Å². The first-order chi connectivity index (χ1) is 13.4. The summed E-state index contributed by atoms with van der Waals surface area (Å²) in [6, 6.07) is 16.7. The van der Waals surface area contributed by atoms with Crippen molar-refractivity contribution < 1.29 is 14.4 Å². The third kappa shape index (κ3) is 3.76. The van der Waals surface area contributed by atoms with E-state index in [1.54, 1.807) is 0 Å². The Hall–Kier alpha value is -3.54. The Labute approximate surface area is 163 Å². The minimum absolute atomic E-state index is 0.105. The van der Waals surface area contributed by atoms with Gasteiger partial charge >= 0.3 is 0 Å². The fraction of sp³-hybridized carbons (Fsp3) is 0.182. The lowest BCUT2D eigenvalue weighted by molar-refractivity contribution is -0.143. The molecule has 0 saturated carbocycles. The summed E-state index contributed by atoms with van der Waals surface area (Å²) in [5.41, 5.74) is 2.70. The Bertz CT molecular complexity index is 1080. The number of nitrogens with zero attached hydrogens (tertiary/aromatic N) is 3. The average Bonchev–Trinajstić information content (AvgIpc) is 2.95. The molecule has 6 nitrogen and oxygen atoms in total. The minimum Gasteiger partial charge on any atom is -0.346 e. The summed E-state index contributed by atoms with van der Waals surface area (Å²) in [4.78, 5) is 37.1. The first-order valence-electron chi connectivity index (χ1n) is 8.90. The van der Waals surface area contributed by atoms with E-state index in [4.69, 9.17) is 0 Å². The van der Waals surface area contributed by atoms with Crippen LogP contribution in [0.25, 0.3) is 10.9 Å². The molecule has 2 amide bonds. The van der Waals surface area contributed by atoms with Crippen molar-refractivity contribution in [2.45, 2.75) is 20.3 Å². The zero-order valence-electron chi connectivity index (χ0n) is 16.0. The quantitative estimate of drug-likeness (QED) is 0.390. The highest BCUT2D eigenvalue weighted by atomic mass is 16.2. The summed E-state index contributed by atoms with van der Waals surface area (Å²) in [6.45, 7) is 2.76. The van der Waals surface area contributed by atoms with Crippen LogP contribution >= 0.6 is 0 Å². The van der Waals surface area contributed by atoms with Gasteiger partial charge in [-0.1, -0.05) is 48.5 Å². The van der Waals surface area contributed by atoms with E-state index in [1.807, 2.05) is 66.2 Å². The number of para-hydroxylation sites is 1. The smallest absolute Gasteiger partial charge is 0.255 e. The van der Waals surface area contributed by atoms with Gasteiger partial charge in [0, 0.05) is 36.1 Å². The van der Waals surface area contributed by atoms with Gasteiger partial charge in [-0.3, -0.25) is 14.4 Å². The summed E-state index contributed by atoms with van der Waals surface area (Å²) in [6.07, 6.45) is 1.36. The molecule has 0 bridgehead atoms. The van der Waals surface area contributed by atoms with E-state index in [9.17, 15) is 14.4 Å². The van der Waals surface area contributed by atoms with Crippen LogP contribution in [0.5, 0.6) is 0 Å². The number of imide groups is 1. The van der Waals surface area contributed by atoms with Gasteiger partial charge in [0.15, 0.2) is 5.78 Å².